The lowest BCUT2D eigenvalue weighted by molar-refractivity contribution is 0.100. The predicted octanol–water partition coefficient (Wildman–Crippen LogP) is 2.64. The monoisotopic (exact) mass is 374 g/mol. The summed E-state index contributed by atoms with van der Waals surface area (Å²) in [6.07, 6.45) is 2.41. The molecule has 28 heavy (non-hydrogen) atoms. The standard InChI is InChI=1S/C22H22N4O2/c1-3-15(19-13-20(27)26(2)22(24)25-19)11-14-7-9-16(10-8-14)17-5-4-6-18(12-17)21(23)28/h3-10,12-13,15H,1,11H2,2H3,(H2,23,28)(H2,24,25)/t15-/m0/s1. The van der Waals surface area contributed by atoms with E-state index < -0.39 is 5.91 Å². The van der Waals surface area contributed by atoms with Gasteiger partial charge >= 0.3 is 0 Å². The van der Waals surface area contributed by atoms with Gasteiger partial charge in [0.25, 0.3) is 5.56 Å². The van der Waals surface area contributed by atoms with Crippen LogP contribution in [0.25, 0.3) is 11.1 Å². The van der Waals surface area contributed by atoms with E-state index in [2.05, 4.69) is 11.6 Å². The summed E-state index contributed by atoms with van der Waals surface area (Å²) in [6, 6.07) is 16.7. The summed E-state index contributed by atoms with van der Waals surface area (Å²) in [5, 5.41) is 0. The minimum atomic E-state index is -0.451. The highest BCUT2D eigenvalue weighted by atomic mass is 16.1. The molecule has 2 aromatic carbocycles. The zero-order valence-corrected chi connectivity index (χ0v) is 15.6. The highest BCUT2D eigenvalue weighted by molar-refractivity contribution is 5.94. The van der Waals surface area contributed by atoms with Crippen LogP contribution in [0.2, 0.25) is 0 Å². The molecule has 1 aromatic heterocycles. The maximum absolute atomic E-state index is 12.0. The average Bonchev–Trinajstić information content (AvgIpc) is 2.70. The Kier molecular flexibility index (Phi) is 5.40. The smallest absolute Gasteiger partial charge is 0.254 e. The second-order valence-corrected chi connectivity index (χ2v) is 6.62. The van der Waals surface area contributed by atoms with Gasteiger partial charge in [-0.25, -0.2) is 4.98 Å². The molecule has 6 heteroatoms. The third-order valence-corrected chi connectivity index (χ3v) is 4.74. The Labute approximate surface area is 163 Å². The molecular formula is C22H22N4O2. The number of hydrogen-bond acceptors (Lipinski definition) is 4. The van der Waals surface area contributed by atoms with E-state index in [0.717, 1.165) is 16.7 Å². The van der Waals surface area contributed by atoms with Crippen molar-refractivity contribution in [2.75, 3.05) is 5.73 Å². The maximum atomic E-state index is 12.0. The fraction of sp³-hybridized carbons (Fsp3) is 0.136. The largest absolute Gasteiger partial charge is 0.369 e. The predicted molar refractivity (Wildman–Crippen MR) is 111 cm³/mol. The molecule has 1 amide bonds. The van der Waals surface area contributed by atoms with E-state index in [1.807, 2.05) is 36.4 Å². The van der Waals surface area contributed by atoms with Crippen molar-refractivity contribution in [1.82, 2.24) is 9.55 Å². The Morgan fingerprint density at radius 2 is 1.89 bits per heavy atom. The number of benzene rings is 2. The van der Waals surface area contributed by atoms with Crippen molar-refractivity contribution in [1.29, 1.82) is 0 Å². The molecule has 0 spiro atoms. The lowest BCUT2D eigenvalue weighted by atomic mass is 9.94. The van der Waals surface area contributed by atoms with Crippen molar-refractivity contribution in [3.8, 4) is 11.1 Å². The number of rotatable bonds is 6. The molecule has 0 aliphatic rings. The SMILES string of the molecule is C=C[C@@H](Cc1ccc(-c2cccc(C(N)=O)c2)cc1)c1cc(=O)n(C)c(N)n1. The minimum Gasteiger partial charge on any atom is -0.369 e. The number of allylic oxidation sites excluding steroid dienone is 1. The Morgan fingerprint density at radius 1 is 1.18 bits per heavy atom. The Bertz CT molecular complexity index is 1080. The Hall–Kier alpha value is -3.67. The van der Waals surface area contributed by atoms with Crippen LogP contribution < -0.4 is 17.0 Å². The zero-order chi connectivity index (χ0) is 20.3. The van der Waals surface area contributed by atoms with Gasteiger partial charge in [-0.2, -0.15) is 0 Å². The van der Waals surface area contributed by atoms with Gasteiger partial charge in [-0.1, -0.05) is 42.5 Å². The van der Waals surface area contributed by atoms with Gasteiger partial charge in [-0.3, -0.25) is 14.2 Å². The number of aromatic nitrogens is 2. The number of hydrogen-bond donors (Lipinski definition) is 2. The van der Waals surface area contributed by atoms with E-state index >= 15 is 0 Å². The van der Waals surface area contributed by atoms with Gasteiger partial charge in [0.05, 0.1) is 5.69 Å². The van der Waals surface area contributed by atoms with Gasteiger partial charge in [-0.15, -0.1) is 6.58 Å². The van der Waals surface area contributed by atoms with Crippen molar-refractivity contribution in [3.05, 3.63) is 94.4 Å². The van der Waals surface area contributed by atoms with Crippen LogP contribution >= 0.6 is 0 Å². The molecule has 0 fully saturated rings. The molecule has 1 atom stereocenters. The number of amides is 1. The fourth-order valence-corrected chi connectivity index (χ4v) is 3.01. The van der Waals surface area contributed by atoms with Crippen LogP contribution in [0, 0.1) is 0 Å². The molecule has 0 bridgehead atoms. The average molecular weight is 374 g/mol. The van der Waals surface area contributed by atoms with Crippen LogP contribution in [-0.2, 0) is 13.5 Å². The van der Waals surface area contributed by atoms with Crippen molar-refractivity contribution >= 4 is 11.9 Å². The summed E-state index contributed by atoms with van der Waals surface area (Å²) >= 11 is 0. The molecule has 0 saturated carbocycles. The van der Waals surface area contributed by atoms with Gasteiger partial charge in [0.1, 0.15) is 0 Å². The van der Waals surface area contributed by atoms with Crippen LogP contribution in [0.3, 0.4) is 0 Å². The Morgan fingerprint density at radius 3 is 2.50 bits per heavy atom. The van der Waals surface area contributed by atoms with E-state index in [1.165, 1.54) is 10.6 Å². The number of primary amides is 1. The summed E-state index contributed by atoms with van der Waals surface area (Å²) in [4.78, 5) is 27.7. The highest BCUT2D eigenvalue weighted by Crippen LogP contribution is 2.24. The lowest BCUT2D eigenvalue weighted by Gasteiger charge is -2.14. The molecule has 0 aliphatic carbocycles. The normalized spacial score (nSPS) is 11.8. The van der Waals surface area contributed by atoms with Gasteiger partial charge in [0, 0.05) is 24.6 Å². The third kappa shape index (κ3) is 4.01. The fourth-order valence-electron chi connectivity index (χ4n) is 3.01. The topological polar surface area (TPSA) is 104 Å². The van der Waals surface area contributed by atoms with Gasteiger partial charge in [0.2, 0.25) is 11.9 Å². The van der Waals surface area contributed by atoms with E-state index in [9.17, 15) is 9.59 Å². The minimum absolute atomic E-state index is 0.125. The summed E-state index contributed by atoms with van der Waals surface area (Å²) in [6.45, 7) is 3.87. The maximum Gasteiger partial charge on any atom is 0.254 e. The molecule has 3 aromatic rings. The Balaban J connectivity index is 1.83. The number of nitrogens with zero attached hydrogens (tertiary/aromatic N) is 2. The van der Waals surface area contributed by atoms with E-state index in [4.69, 9.17) is 11.5 Å². The first kappa shape index (κ1) is 19.1. The second-order valence-electron chi connectivity index (χ2n) is 6.62. The van der Waals surface area contributed by atoms with Gasteiger partial charge in [-0.05, 0) is 35.2 Å². The van der Waals surface area contributed by atoms with Gasteiger partial charge in [0.15, 0.2) is 0 Å². The molecule has 3 rings (SSSR count). The number of nitrogens with two attached hydrogens (primary N) is 2. The molecular weight excluding hydrogens is 352 g/mol. The summed E-state index contributed by atoms with van der Waals surface area (Å²) in [5.41, 5.74) is 15.0. The first-order valence-electron chi connectivity index (χ1n) is 8.84. The molecule has 0 unspecified atom stereocenters. The summed E-state index contributed by atoms with van der Waals surface area (Å²) < 4.78 is 1.30. The van der Waals surface area contributed by atoms with Crippen molar-refractivity contribution in [2.45, 2.75) is 12.3 Å². The van der Waals surface area contributed by atoms with Crippen LogP contribution in [0.1, 0.15) is 27.5 Å². The highest BCUT2D eigenvalue weighted by Gasteiger charge is 2.13. The third-order valence-electron chi connectivity index (χ3n) is 4.74. The first-order valence-corrected chi connectivity index (χ1v) is 8.84. The molecule has 0 saturated heterocycles. The van der Waals surface area contributed by atoms with E-state index in [1.54, 1.807) is 25.3 Å². The van der Waals surface area contributed by atoms with Crippen LogP contribution in [0.5, 0.6) is 0 Å². The zero-order valence-electron chi connectivity index (χ0n) is 15.6. The van der Waals surface area contributed by atoms with Crippen molar-refractivity contribution < 1.29 is 4.79 Å². The van der Waals surface area contributed by atoms with Crippen LogP contribution in [0.4, 0.5) is 5.95 Å². The van der Waals surface area contributed by atoms with Crippen molar-refractivity contribution in [3.63, 3.8) is 0 Å². The second kappa shape index (κ2) is 7.92. The van der Waals surface area contributed by atoms with E-state index in [0.29, 0.717) is 17.7 Å². The van der Waals surface area contributed by atoms with Crippen molar-refractivity contribution in [2.24, 2.45) is 12.8 Å². The molecule has 0 radical (unpaired) electrons. The number of carbonyl (C=O) groups excluding carboxylic acids is 1. The molecule has 4 N–H and O–H groups in total. The number of carbonyl (C=O) groups is 1. The van der Waals surface area contributed by atoms with Gasteiger partial charge < -0.3 is 11.5 Å². The number of nitrogen functional groups attached to an aromatic ring is 1. The molecule has 6 nitrogen and oxygen atoms in total. The summed E-state index contributed by atoms with van der Waals surface area (Å²) in [5.74, 6) is -0.396. The quantitative estimate of drug-likeness (QED) is 0.647. The summed E-state index contributed by atoms with van der Waals surface area (Å²) in [7, 11) is 1.59. The van der Waals surface area contributed by atoms with Crippen LogP contribution in [0.15, 0.2) is 72.0 Å². The first-order chi connectivity index (χ1) is 13.4. The van der Waals surface area contributed by atoms with E-state index in [-0.39, 0.29) is 17.4 Å². The van der Waals surface area contributed by atoms with Crippen LogP contribution in [-0.4, -0.2) is 15.5 Å². The lowest BCUT2D eigenvalue weighted by Crippen LogP contribution is -2.22. The molecule has 0 aliphatic heterocycles. The number of anilines is 1. The molecule has 1 heterocycles. The molecule has 142 valence electrons.